The summed E-state index contributed by atoms with van der Waals surface area (Å²) in [5.74, 6) is 1.86. The van der Waals surface area contributed by atoms with Crippen LogP contribution in [-0.4, -0.2) is 59.2 Å². The lowest BCUT2D eigenvalue weighted by Gasteiger charge is -2.51. The van der Waals surface area contributed by atoms with E-state index in [9.17, 15) is 4.79 Å². The average Bonchev–Trinajstić information content (AvgIpc) is 3.63. The number of benzene rings is 2. The third-order valence-corrected chi connectivity index (χ3v) is 11.0. The number of nitrogens with zero attached hydrogens (tertiary/aromatic N) is 4. The van der Waals surface area contributed by atoms with Gasteiger partial charge in [-0.1, -0.05) is 43.7 Å². The zero-order valence-electron chi connectivity index (χ0n) is 27.7. The van der Waals surface area contributed by atoms with Crippen molar-refractivity contribution in [2.24, 2.45) is 17.8 Å². The van der Waals surface area contributed by atoms with E-state index >= 15 is 4.39 Å². The molecule has 0 unspecified atom stereocenters. The zero-order chi connectivity index (χ0) is 31.6. The maximum atomic E-state index is 15.1. The number of halogens is 1. The molecule has 3 fully saturated rings. The van der Waals surface area contributed by atoms with Crippen molar-refractivity contribution in [3.05, 3.63) is 83.2 Å². The molecule has 1 aliphatic carbocycles. The van der Waals surface area contributed by atoms with Gasteiger partial charge in [-0.25, -0.2) is 9.37 Å². The van der Waals surface area contributed by atoms with E-state index in [4.69, 9.17) is 9.72 Å². The predicted molar refractivity (Wildman–Crippen MR) is 178 cm³/mol. The Morgan fingerprint density at radius 3 is 2.47 bits per heavy atom. The van der Waals surface area contributed by atoms with E-state index in [0.717, 1.165) is 94.9 Å². The highest BCUT2D eigenvalue weighted by Gasteiger charge is 2.53. The highest BCUT2D eigenvalue weighted by atomic mass is 19.1. The van der Waals surface area contributed by atoms with Crippen molar-refractivity contribution in [2.75, 3.05) is 37.6 Å². The summed E-state index contributed by atoms with van der Waals surface area (Å²) >= 11 is 0. The highest BCUT2D eigenvalue weighted by Crippen LogP contribution is 2.52. The Hall–Kier alpha value is -3.19. The van der Waals surface area contributed by atoms with Crippen LogP contribution in [0.3, 0.4) is 0 Å². The number of imidazole rings is 1. The van der Waals surface area contributed by atoms with Gasteiger partial charge in [-0.15, -0.1) is 0 Å². The molecule has 2 saturated heterocycles. The van der Waals surface area contributed by atoms with Crippen molar-refractivity contribution in [3.8, 4) is 0 Å². The van der Waals surface area contributed by atoms with Gasteiger partial charge in [0.05, 0.1) is 5.69 Å². The minimum Gasteiger partial charge on any atom is -0.462 e. The number of likely N-dealkylation sites (tertiary alicyclic amines) is 1. The van der Waals surface area contributed by atoms with Gasteiger partial charge in [0.1, 0.15) is 17.7 Å². The Bertz CT molecular complexity index is 1440. The molecule has 0 N–H and O–H groups in total. The van der Waals surface area contributed by atoms with Crippen LogP contribution in [0, 0.1) is 37.4 Å². The minimum atomic E-state index is -0.376. The van der Waals surface area contributed by atoms with Crippen molar-refractivity contribution in [3.63, 3.8) is 0 Å². The summed E-state index contributed by atoms with van der Waals surface area (Å²) < 4.78 is 23.6. The first-order valence-electron chi connectivity index (χ1n) is 17.3. The Labute approximate surface area is 269 Å². The molecular formula is C38H51FN4O2. The molecule has 6 nitrogen and oxygen atoms in total. The molecule has 3 aromatic rings. The van der Waals surface area contributed by atoms with Gasteiger partial charge in [-0.05, 0) is 94.8 Å². The highest BCUT2D eigenvalue weighted by molar-refractivity contribution is 5.69. The number of piperidine rings is 1. The standard InChI is InChI=1S/C38H51FN4O2/c1-5-36-40-28(4)22-43(36)26-38(31-9-7-10-32(39)21-31,34-11-8-12-35(34)45-37(44)6-2)30-17-19-41(20-18-30)23-29-24-42(25-29)33-15-13-27(3)14-16-33/h7,9-10,13-16,21-22,29-30,34-35H,5-6,8,11-12,17-20,23-26H2,1-4H3/t34-,35-,38+/m0/s1. The molecular weight excluding hydrogens is 563 g/mol. The molecule has 0 amide bonds. The maximum absolute atomic E-state index is 15.1. The number of ether oxygens (including phenoxy) is 1. The smallest absolute Gasteiger partial charge is 0.305 e. The maximum Gasteiger partial charge on any atom is 0.305 e. The second-order valence-electron chi connectivity index (χ2n) is 13.9. The quantitative estimate of drug-likeness (QED) is 0.216. The molecule has 0 spiro atoms. The summed E-state index contributed by atoms with van der Waals surface area (Å²) in [6.07, 6.45) is 8.18. The number of hydrogen-bond acceptors (Lipinski definition) is 5. The van der Waals surface area contributed by atoms with Gasteiger partial charge in [0.25, 0.3) is 0 Å². The molecule has 3 heterocycles. The van der Waals surface area contributed by atoms with Crippen LogP contribution in [0.5, 0.6) is 0 Å². The summed E-state index contributed by atoms with van der Waals surface area (Å²) in [4.78, 5) is 22.7. The molecule has 2 aromatic carbocycles. The first kappa shape index (κ1) is 31.8. The van der Waals surface area contributed by atoms with E-state index in [2.05, 4.69) is 71.7 Å². The van der Waals surface area contributed by atoms with Gasteiger partial charge in [0, 0.05) is 68.2 Å². The number of rotatable bonds is 11. The van der Waals surface area contributed by atoms with Gasteiger partial charge in [-0.2, -0.15) is 0 Å². The Morgan fingerprint density at radius 2 is 1.78 bits per heavy atom. The summed E-state index contributed by atoms with van der Waals surface area (Å²) in [6, 6.07) is 16.2. The molecule has 242 valence electrons. The van der Waals surface area contributed by atoms with Crippen LogP contribution in [-0.2, 0) is 27.9 Å². The molecule has 0 bridgehead atoms. The molecule has 3 atom stereocenters. The van der Waals surface area contributed by atoms with Crippen LogP contribution < -0.4 is 4.90 Å². The van der Waals surface area contributed by atoms with Gasteiger partial charge < -0.3 is 19.1 Å². The summed E-state index contributed by atoms with van der Waals surface area (Å²) in [6.45, 7) is 14.4. The molecule has 2 aliphatic heterocycles. The molecule has 1 aromatic heterocycles. The van der Waals surface area contributed by atoms with E-state index in [0.29, 0.717) is 18.3 Å². The second kappa shape index (κ2) is 13.7. The minimum absolute atomic E-state index is 0.119. The number of carbonyl (C=O) groups excluding carboxylic acids is 1. The Morgan fingerprint density at radius 1 is 1.02 bits per heavy atom. The molecule has 45 heavy (non-hydrogen) atoms. The first-order chi connectivity index (χ1) is 21.8. The number of carbonyl (C=O) groups is 1. The van der Waals surface area contributed by atoms with Crippen LogP contribution in [0.2, 0.25) is 0 Å². The van der Waals surface area contributed by atoms with E-state index in [1.165, 1.54) is 11.3 Å². The molecule has 0 radical (unpaired) electrons. The zero-order valence-corrected chi connectivity index (χ0v) is 27.7. The van der Waals surface area contributed by atoms with E-state index < -0.39 is 0 Å². The SMILES string of the molecule is CCC(=O)O[C@H]1CCC[C@@H]1[C@@](Cn1cc(C)nc1CC)(c1cccc(F)c1)C1CCN(CC2CN(c3ccc(C)cc3)C2)CC1. The fraction of sp³-hybridized carbons (Fsp3) is 0.579. The van der Waals surface area contributed by atoms with E-state index in [1.54, 1.807) is 12.1 Å². The lowest BCUT2D eigenvalue weighted by atomic mass is 9.58. The summed E-state index contributed by atoms with van der Waals surface area (Å²) in [5.41, 5.74) is 4.31. The van der Waals surface area contributed by atoms with Crippen molar-refractivity contribution < 1.29 is 13.9 Å². The van der Waals surface area contributed by atoms with E-state index in [1.807, 2.05) is 13.0 Å². The first-order valence-corrected chi connectivity index (χ1v) is 17.3. The predicted octanol–water partition coefficient (Wildman–Crippen LogP) is 7.11. The fourth-order valence-electron chi connectivity index (χ4n) is 8.72. The van der Waals surface area contributed by atoms with Crippen LogP contribution in [0.15, 0.2) is 54.7 Å². The van der Waals surface area contributed by atoms with Crippen LogP contribution in [0.1, 0.15) is 75.0 Å². The topological polar surface area (TPSA) is 50.6 Å². The molecule has 1 saturated carbocycles. The molecule has 6 rings (SSSR count). The van der Waals surface area contributed by atoms with Gasteiger partial charge in [-0.3, -0.25) is 4.79 Å². The lowest BCUT2D eigenvalue weighted by molar-refractivity contribution is -0.152. The third-order valence-electron chi connectivity index (χ3n) is 11.0. The number of hydrogen-bond donors (Lipinski definition) is 0. The molecule has 7 heteroatoms. The third kappa shape index (κ3) is 6.70. The normalized spacial score (nSPS) is 22.7. The number of esters is 1. The van der Waals surface area contributed by atoms with Crippen molar-refractivity contribution in [1.82, 2.24) is 14.5 Å². The number of anilines is 1. The lowest BCUT2D eigenvalue weighted by Crippen LogP contribution is -2.55. The summed E-state index contributed by atoms with van der Waals surface area (Å²) in [5, 5.41) is 0. The second-order valence-corrected chi connectivity index (χ2v) is 13.9. The van der Waals surface area contributed by atoms with Gasteiger partial charge in [0.15, 0.2) is 0 Å². The summed E-state index contributed by atoms with van der Waals surface area (Å²) in [7, 11) is 0. The van der Waals surface area contributed by atoms with Crippen LogP contribution in [0.25, 0.3) is 0 Å². The monoisotopic (exact) mass is 614 g/mol. The largest absolute Gasteiger partial charge is 0.462 e. The van der Waals surface area contributed by atoms with Crippen molar-refractivity contribution in [1.29, 1.82) is 0 Å². The number of aromatic nitrogens is 2. The van der Waals surface area contributed by atoms with Gasteiger partial charge >= 0.3 is 5.97 Å². The van der Waals surface area contributed by atoms with Crippen molar-refractivity contribution in [2.45, 2.75) is 90.7 Å². The molecule has 3 aliphatic rings. The van der Waals surface area contributed by atoms with Crippen LogP contribution in [0.4, 0.5) is 10.1 Å². The number of aryl methyl sites for hydroxylation is 3. The van der Waals surface area contributed by atoms with Crippen molar-refractivity contribution >= 4 is 11.7 Å². The fourth-order valence-corrected chi connectivity index (χ4v) is 8.72. The average molecular weight is 615 g/mol. The van der Waals surface area contributed by atoms with Crippen LogP contribution >= 0.6 is 0 Å². The Balaban J connectivity index is 1.26. The Kier molecular flexibility index (Phi) is 9.65. The van der Waals surface area contributed by atoms with Gasteiger partial charge in [0.2, 0.25) is 0 Å². The van der Waals surface area contributed by atoms with E-state index in [-0.39, 0.29) is 29.2 Å².